The molecule has 1 amide bonds. The third-order valence-corrected chi connectivity index (χ3v) is 5.53. The van der Waals surface area contributed by atoms with Gasteiger partial charge in [0.1, 0.15) is 5.75 Å². The Balaban J connectivity index is 1.31. The summed E-state index contributed by atoms with van der Waals surface area (Å²) in [6.07, 6.45) is 1.15. The number of aryl methyl sites for hydroxylation is 1. The summed E-state index contributed by atoms with van der Waals surface area (Å²) in [5, 5.41) is 6.20. The van der Waals surface area contributed by atoms with Crippen LogP contribution >= 0.6 is 11.8 Å². The number of carbonyl (C=O) groups is 1. The monoisotopic (exact) mass is 379 g/mol. The van der Waals surface area contributed by atoms with Gasteiger partial charge in [-0.3, -0.25) is 9.79 Å². The average molecular weight is 379 g/mol. The minimum Gasteiger partial charge on any atom is -0.497 e. The van der Waals surface area contributed by atoms with E-state index in [0.717, 1.165) is 40.8 Å². The van der Waals surface area contributed by atoms with Gasteiger partial charge in [-0.05, 0) is 41.8 Å². The number of aliphatic imine (C=N–C) groups is 1. The Morgan fingerprint density at radius 3 is 2.70 bits per heavy atom. The standard InChI is InChI=1S/C21H21N3O2S/c1-26-18-9-2-15(3-10-18)4-11-20(25)23-17-7-5-16(6-8-17)19-14-27-21-22-12-13-24(19)21/h2-3,5-10,14H,4,11-13H2,1H3,(H,23,25). The van der Waals surface area contributed by atoms with E-state index < -0.39 is 0 Å². The quantitative estimate of drug-likeness (QED) is 0.825. The van der Waals surface area contributed by atoms with E-state index in [1.54, 1.807) is 18.9 Å². The number of amides is 1. The first-order valence-corrected chi connectivity index (χ1v) is 9.83. The molecular weight excluding hydrogens is 358 g/mol. The molecule has 0 spiro atoms. The van der Waals surface area contributed by atoms with Crippen molar-refractivity contribution >= 4 is 34.2 Å². The highest BCUT2D eigenvalue weighted by molar-refractivity contribution is 8.16. The Morgan fingerprint density at radius 2 is 1.96 bits per heavy atom. The summed E-state index contributed by atoms with van der Waals surface area (Å²) in [6, 6.07) is 15.8. The minimum atomic E-state index is 0.0168. The molecule has 2 aromatic rings. The number of ether oxygens (including phenoxy) is 1. The SMILES string of the molecule is COc1ccc(CCC(=O)Nc2ccc(C3=CSC4=NCCN34)cc2)cc1. The van der Waals surface area contributed by atoms with Gasteiger partial charge in [-0.2, -0.15) is 0 Å². The van der Waals surface area contributed by atoms with Crippen molar-refractivity contribution in [3.05, 3.63) is 65.1 Å². The first kappa shape index (κ1) is 17.7. The van der Waals surface area contributed by atoms with Crippen LogP contribution in [0.3, 0.4) is 0 Å². The van der Waals surface area contributed by atoms with Crippen LogP contribution < -0.4 is 10.1 Å². The smallest absolute Gasteiger partial charge is 0.224 e. The molecule has 0 aliphatic carbocycles. The summed E-state index contributed by atoms with van der Waals surface area (Å²) >= 11 is 1.67. The fourth-order valence-electron chi connectivity index (χ4n) is 3.14. The molecule has 4 rings (SSSR count). The zero-order valence-electron chi connectivity index (χ0n) is 15.1. The minimum absolute atomic E-state index is 0.0168. The highest BCUT2D eigenvalue weighted by Gasteiger charge is 2.26. The van der Waals surface area contributed by atoms with Crippen molar-refractivity contribution in [3.63, 3.8) is 0 Å². The van der Waals surface area contributed by atoms with Crippen LogP contribution in [0.5, 0.6) is 5.75 Å². The van der Waals surface area contributed by atoms with Crippen molar-refractivity contribution in [1.29, 1.82) is 0 Å². The second kappa shape index (κ2) is 7.88. The molecule has 6 heteroatoms. The van der Waals surface area contributed by atoms with Crippen molar-refractivity contribution in [2.24, 2.45) is 4.99 Å². The molecule has 0 radical (unpaired) electrons. The van der Waals surface area contributed by atoms with Gasteiger partial charge in [0.25, 0.3) is 0 Å². The lowest BCUT2D eigenvalue weighted by Gasteiger charge is -2.16. The molecule has 138 valence electrons. The Hall–Kier alpha value is -2.73. The topological polar surface area (TPSA) is 53.9 Å². The van der Waals surface area contributed by atoms with Crippen molar-refractivity contribution < 1.29 is 9.53 Å². The predicted octanol–water partition coefficient (Wildman–Crippen LogP) is 3.98. The van der Waals surface area contributed by atoms with Crippen LogP contribution in [0.2, 0.25) is 0 Å². The second-order valence-corrected chi connectivity index (χ2v) is 7.25. The van der Waals surface area contributed by atoms with E-state index in [4.69, 9.17) is 4.74 Å². The number of hydrogen-bond donors (Lipinski definition) is 1. The molecule has 0 saturated heterocycles. The van der Waals surface area contributed by atoms with Gasteiger partial charge in [-0.15, -0.1) is 0 Å². The zero-order chi connectivity index (χ0) is 18.6. The summed E-state index contributed by atoms with van der Waals surface area (Å²) in [7, 11) is 1.65. The normalized spacial score (nSPS) is 15.2. The summed E-state index contributed by atoms with van der Waals surface area (Å²) in [4.78, 5) is 18.9. The van der Waals surface area contributed by atoms with E-state index in [1.807, 2.05) is 48.5 Å². The van der Waals surface area contributed by atoms with Gasteiger partial charge in [0.2, 0.25) is 5.91 Å². The van der Waals surface area contributed by atoms with Gasteiger partial charge in [-0.1, -0.05) is 36.0 Å². The molecule has 2 aromatic carbocycles. The summed E-state index contributed by atoms with van der Waals surface area (Å²) in [5.74, 6) is 0.842. The Kier molecular flexibility index (Phi) is 5.16. The van der Waals surface area contributed by atoms with Gasteiger partial charge in [0, 0.05) is 24.1 Å². The fraction of sp³-hybridized carbons (Fsp3) is 0.238. The molecule has 0 fully saturated rings. The number of thioether (sulfide) groups is 1. The molecule has 0 unspecified atom stereocenters. The lowest BCUT2D eigenvalue weighted by Crippen LogP contribution is -2.19. The summed E-state index contributed by atoms with van der Waals surface area (Å²) in [5.41, 5.74) is 4.27. The third-order valence-electron chi connectivity index (χ3n) is 4.63. The van der Waals surface area contributed by atoms with E-state index in [2.05, 4.69) is 20.6 Å². The Labute approximate surface area is 163 Å². The maximum absolute atomic E-state index is 12.2. The number of methoxy groups -OCH3 is 1. The largest absolute Gasteiger partial charge is 0.497 e. The van der Waals surface area contributed by atoms with Crippen molar-refractivity contribution in [3.8, 4) is 5.75 Å². The van der Waals surface area contributed by atoms with E-state index in [1.165, 1.54) is 5.70 Å². The van der Waals surface area contributed by atoms with E-state index in [0.29, 0.717) is 12.8 Å². The molecule has 2 aliphatic heterocycles. The zero-order valence-corrected chi connectivity index (χ0v) is 16.0. The number of nitrogens with one attached hydrogen (secondary N) is 1. The molecule has 0 atom stereocenters. The molecule has 1 N–H and O–H groups in total. The predicted molar refractivity (Wildman–Crippen MR) is 111 cm³/mol. The number of amidine groups is 1. The lowest BCUT2D eigenvalue weighted by atomic mass is 10.1. The summed E-state index contributed by atoms with van der Waals surface area (Å²) < 4.78 is 5.15. The number of benzene rings is 2. The second-order valence-electron chi connectivity index (χ2n) is 6.41. The first-order valence-electron chi connectivity index (χ1n) is 8.95. The van der Waals surface area contributed by atoms with Crippen LogP contribution in [0.1, 0.15) is 17.5 Å². The van der Waals surface area contributed by atoms with Crippen molar-refractivity contribution in [2.45, 2.75) is 12.8 Å². The molecule has 5 nitrogen and oxygen atoms in total. The van der Waals surface area contributed by atoms with Gasteiger partial charge in [0.05, 0.1) is 19.4 Å². The molecule has 0 bridgehead atoms. The highest BCUT2D eigenvalue weighted by Crippen LogP contribution is 2.35. The number of anilines is 1. The molecular formula is C21H21N3O2S. The van der Waals surface area contributed by atoms with Crippen molar-refractivity contribution in [1.82, 2.24) is 4.90 Å². The first-order chi connectivity index (χ1) is 13.2. The number of carbonyl (C=O) groups excluding carboxylic acids is 1. The van der Waals surface area contributed by atoms with Crippen LogP contribution in [0, 0.1) is 0 Å². The molecule has 27 heavy (non-hydrogen) atoms. The maximum Gasteiger partial charge on any atom is 0.224 e. The van der Waals surface area contributed by atoms with E-state index in [9.17, 15) is 4.79 Å². The molecule has 0 saturated carbocycles. The number of rotatable bonds is 6. The van der Waals surface area contributed by atoms with Crippen molar-refractivity contribution in [2.75, 3.05) is 25.5 Å². The third kappa shape index (κ3) is 4.01. The van der Waals surface area contributed by atoms with Crippen LogP contribution in [-0.2, 0) is 11.2 Å². The number of nitrogens with zero attached hydrogens (tertiary/aromatic N) is 2. The molecule has 2 heterocycles. The fourth-order valence-corrected chi connectivity index (χ4v) is 4.11. The Bertz CT molecular complexity index is 889. The van der Waals surface area contributed by atoms with Gasteiger partial charge >= 0.3 is 0 Å². The molecule has 0 aromatic heterocycles. The van der Waals surface area contributed by atoms with Crippen LogP contribution in [0.4, 0.5) is 5.69 Å². The van der Waals surface area contributed by atoms with Crippen LogP contribution in [-0.4, -0.2) is 36.2 Å². The highest BCUT2D eigenvalue weighted by atomic mass is 32.2. The van der Waals surface area contributed by atoms with Gasteiger partial charge in [0.15, 0.2) is 5.17 Å². The maximum atomic E-state index is 12.2. The van der Waals surface area contributed by atoms with Gasteiger partial charge in [-0.25, -0.2) is 0 Å². The van der Waals surface area contributed by atoms with E-state index >= 15 is 0 Å². The average Bonchev–Trinajstić information content (AvgIpc) is 3.31. The summed E-state index contributed by atoms with van der Waals surface area (Å²) in [6.45, 7) is 1.81. The lowest BCUT2D eigenvalue weighted by molar-refractivity contribution is -0.116. The number of fused-ring (bicyclic) bond motifs is 1. The molecule has 2 aliphatic rings. The van der Waals surface area contributed by atoms with Gasteiger partial charge < -0.3 is 15.0 Å². The van der Waals surface area contributed by atoms with Crippen LogP contribution in [0.15, 0.2) is 58.9 Å². The van der Waals surface area contributed by atoms with Crippen LogP contribution in [0.25, 0.3) is 5.70 Å². The van der Waals surface area contributed by atoms with E-state index in [-0.39, 0.29) is 5.91 Å². The Morgan fingerprint density at radius 1 is 1.19 bits per heavy atom. The number of hydrogen-bond acceptors (Lipinski definition) is 5.